The van der Waals surface area contributed by atoms with Gasteiger partial charge in [0, 0.05) is 6.54 Å². The number of carbonyl (C=O) groups excluding carboxylic acids is 1. The van der Waals surface area contributed by atoms with Crippen LogP contribution in [0.25, 0.3) is 0 Å². The van der Waals surface area contributed by atoms with E-state index in [-0.39, 0.29) is 0 Å². The van der Waals surface area contributed by atoms with Crippen molar-refractivity contribution in [2.75, 3.05) is 13.6 Å². The van der Waals surface area contributed by atoms with Crippen LogP contribution in [0.15, 0.2) is 16.5 Å². The van der Waals surface area contributed by atoms with Gasteiger partial charge < -0.3 is 4.42 Å². The maximum atomic E-state index is 10.4. The molecule has 0 aliphatic heterocycles. The molecular formula is C12H19NO2. The van der Waals surface area contributed by atoms with Crippen LogP contribution >= 0.6 is 0 Å². The lowest BCUT2D eigenvalue weighted by atomic mass is 10.1. The van der Waals surface area contributed by atoms with Crippen LogP contribution in [0.5, 0.6) is 0 Å². The Bertz CT molecular complexity index is 306. The molecule has 0 aliphatic carbocycles. The first-order chi connectivity index (χ1) is 7.15. The van der Waals surface area contributed by atoms with E-state index < -0.39 is 0 Å². The Morgan fingerprint density at radius 2 is 2.27 bits per heavy atom. The lowest BCUT2D eigenvalue weighted by Gasteiger charge is -2.18. The number of aldehydes is 1. The van der Waals surface area contributed by atoms with Gasteiger partial charge in [-0.1, -0.05) is 20.3 Å². The summed E-state index contributed by atoms with van der Waals surface area (Å²) >= 11 is 0. The summed E-state index contributed by atoms with van der Waals surface area (Å²) in [6.07, 6.45) is 1.92. The molecule has 0 amide bonds. The number of nitrogens with zero attached hydrogens (tertiary/aromatic N) is 1. The van der Waals surface area contributed by atoms with Gasteiger partial charge in [-0.3, -0.25) is 9.69 Å². The van der Waals surface area contributed by atoms with Gasteiger partial charge in [0.2, 0.25) is 0 Å². The fraction of sp³-hybridized carbons (Fsp3) is 0.583. The fourth-order valence-corrected chi connectivity index (χ4v) is 1.53. The van der Waals surface area contributed by atoms with Crippen LogP contribution in [0.3, 0.4) is 0 Å². The van der Waals surface area contributed by atoms with Crippen molar-refractivity contribution in [3.8, 4) is 0 Å². The second-order valence-corrected chi connectivity index (χ2v) is 4.13. The van der Waals surface area contributed by atoms with E-state index in [9.17, 15) is 4.79 Å². The fourth-order valence-electron chi connectivity index (χ4n) is 1.53. The molecule has 1 atom stereocenters. The van der Waals surface area contributed by atoms with E-state index in [2.05, 4.69) is 25.8 Å². The van der Waals surface area contributed by atoms with Crippen molar-refractivity contribution in [1.29, 1.82) is 0 Å². The lowest BCUT2D eigenvalue weighted by Crippen LogP contribution is -2.23. The van der Waals surface area contributed by atoms with Gasteiger partial charge in [-0.25, -0.2) is 0 Å². The summed E-state index contributed by atoms with van der Waals surface area (Å²) in [5, 5.41) is 0. The molecule has 0 saturated heterocycles. The Morgan fingerprint density at radius 3 is 2.80 bits per heavy atom. The van der Waals surface area contributed by atoms with Gasteiger partial charge in [0.15, 0.2) is 12.0 Å². The second kappa shape index (κ2) is 5.71. The van der Waals surface area contributed by atoms with Crippen LogP contribution in [0.2, 0.25) is 0 Å². The van der Waals surface area contributed by atoms with Gasteiger partial charge in [-0.15, -0.1) is 0 Å². The maximum absolute atomic E-state index is 10.4. The molecular weight excluding hydrogens is 190 g/mol. The Morgan fingerprint density at radius 1 is 1.53 bits per heavy atom. The first kappa shape index (κ1) is 12.0. The van der Waals surface area contributed by atoms with Crippen molar-refractivity contribution in [3.05, 3.63) is 23.7 Å². The maximum Gasteiger partial charge on any atom is 0.185 e. The average Bonchev–Trinajstić information content (AvgIpc) is 2.65. The van der Waals surface area contributed by atoms with Crippen LogP contribution in [0, 0.1) is 5.92 Å². The first-order valence-electron chi connectivity index (χ1n) is 5.38. The molecule has 1 unspecified atom stereocenters. The van der Waals surface area contributed by atoms with E-state index in [1.807, 2.05) is 6.07 Å². The zero-order valence-electron chi connectivity index (χ0n) is 9.69. The van der Waals surface area contributed by atoms with E-state index in [1.54, 1.807) is 6.07 Å². The molecule has 0 fully saturated rings. The van der Waals surface area contributed by atoms with Crippen LogP contribution in [0.1, 0.15) is 36.6 Å². The van der Waals surface area contributed by atoms with Crippen molar-refractivity contribution in [3.63, 3.8) is 0 Å². The van der Waals surface area contributed by atoms with Crippen molar-refractivity contribution in [1.82, 2.24) is 4.90 Å². The minimum Gasteiger partial charge on any atom is -0.457 e. The van der Waals surface area contributed by atoms with E-state index >= 15 is 0 Å². The minimum absolute atomic E-state index is 0.405. The van der Waals surface area contributed by atoms with Crippen LogP contribution in [-0.4, -0.2) is 24.8 Å². The summed E-state index contributed by atoms with van der Waals surface area (Å²) < 4.78 is 5.31. The van der Waals surface area contributed by atoms with E-state index in [0.29, 0.717) is 11.7 Å². The normalized spacial score (nSPS) is 13.1. The van der Waals surface area contributed by atoms with Gasteiger partial charge in [-0.2, -0.15) is 0 Å². The molecule has 3 nitrogen and oxygen atoms in total. The Hall–Kier alpha value is -1.09. The van der Waals surface area contributed by atoms with Gasteiger partial charge >= 0.3 is 0 Å². The Kier molecular flexibility index (Phi) is 4.56. The zero-order chi connectivity index (χ0) is 11.3. The molecule has 3 heteroatoms. The van der Waals surface area contributed by atoms with Crippen molar-refractivity contribution in [2.24, 2.45) is 5.92 Å². The summed E-state index contributed by atoms with van der Waals surface area (Å²) in [7, 11) is 2.06. The Labute approximate surface area is 91.1 Å². The molecule has 1 aromatic rings. The van der Waals surface area contributed by atoms with Crippen molar-refractivity contribution >= 4 is 6.29 Å². The molecule has 84 valence electrons. The Balaban J connectivity index is 2.43. The third kappa shape index (κ3) is 3.88. The van der Waals surface area contributed by atoms with E-state index in [4.69, 9.17) is 4.42 Å². The van der Waals surface area contributed by atoms with Crippen LogP contribution in [0.4, 0.5) is 0 Å². The highest BCUT2D eigenvalue weighted by molar-refractivity contribution is 5.70. The standard InChI is InChI=1S/C12H19NO2/c1-4-10(2)7-13(3)8-11-5-6-12(9-14)15-11/h5-6,9-10H,4,7-8H2,1-3H3. The SMILES string of the molecule is CCC(C)CN(C)Cc1ccc(C=O)o1. The summed E-state index contributed by atoms with van der Waals surface area (Å²) in [5.41, 5.74) is 0. The molecule has 1 aromatic heterocycles. The van der Waals surface area contributed by atoms with Crippen LogP contribution < -0.4 is 0 Å². The van der Waals surface area contributed by atoms with Gasteiger partial charge in [0.05, 0.1) is 6.54 Å². The topological polar surface area (TPSA) is 33.5 Å². The summed E-state index contributed by atoms with van der Waals surface area (Å²) in [6.45, 7) is 6.23. The van der Waals surface area contributed by atoms with Crippen molar-refractivity contribution < 1.29 is 9.21 Å². The molecule has 0 bridgehead atoms. The molecule has 0 radical (unpaired) electrons. The lowest BCUT2D eigenvalue weighted by molar-refractivity contribution is 0.109. The number of furan rings is 1. The monoisotopic (exact) mass is 209 g/mol. The minimum atomic E-state index is 0.405. The molecule has 0 aliphatic rings. The van der Waals surface area contributed by atoms with Crippen LogP contribution in [-0.2, 0) is 6.54 Å². The second-order valence-electron chi connectivity index (χ2n) is 4.13. The van der Waals surface area contributed by atoms with Gasteiger partial charge in [0.1, 0.15) is 5.76 Å². The van der Waals surface area contributed by atoms with Crippen molar-refractivity contribution in [2.45, 2.75) is 26.8 Å². The molecule has 0 spiro atoms. The summed E-state index contributed by atoms with van der Waals surface area (Å²) in [6, 6.07) is 3.57. The summed E-state index contributed by atoms with van der Waals surface area (Å²) in [5.74, 6) is 1.94. The van der Waals surface area contributed by atoms with Gasteiger partial charge in [0.25, 0.3) is 0 Å². The largest absolute Gasteiger partial charge is 0.457 e. The predicted octanol–water partition coefficient (Wildman–Crippen LogP) is 2.57. The number of hydrogen-bond acceptors (Lipinski definition) is 3. The van der Waals surface area contributed by atoms with E-state index in [1.165, 1.54) is 6.42 Å². The number of carbonyl (C=O) groups is 1. The average molecular weight is 209 g/mol. The number of hydrogen-bond donors (Lipinski definition) is 0. The highest BCUT2D eigenvalue weighted by atomic mass is 16.3. The quantitative estimate of drug-likeness (QED) is 0.675. The molecule has 1 rings (SSSR count). The first-order valence-corrected chi connectivity index (χ1v) is 5.38. The zero-order valence-corrected chi connectivity index (χ0v) is 9.69. The predicted molar refractivity (Wildman–Crippen MR) is 59.9 cm³/mol. The molecule has 0 aromatic carbocycles. The molecule has 0 saturated carbocycles. The third-order valence-electron chi connectivity index (χ3n) is 2.54. The van der Waals surface area contributed by atoms with E-state index in [0.717, 1.165) is 25.1 Å². The summed E-state index contributed by atoms with van der Waals surface area (Å²) in [4.78, 5) is 12.6. The third-order valence-corrected chi connectivity index (χ3v) is 2.54. The molecule has 15 heavy (non-hydrogen) atoms. The smallest absolute Gasteiger partial charge is 0.185 e. The van der Waals surface area contributed by atoms with Gasteiger partial charge in [-0.05, 0) is 25.1 Å². The number of rotatable bonds is 6. The molecule has 0 N–H and O–H groups in total. The molecule has 1 heterocycles. The highest BCUT2D eigenvalue weighted by Gasteiger charge is 2.07. The highest BCUT2D eigenvalue weighted by Crippen LogP contribution is 2.10.